The van der Waals surface area contributed by atoms with Gasteiger partial charge in [-0.2, -0.15) is 0 Å². The molecular weight excluding hydrogens is 318 g/mol. The standard InChI is InChI=1S/C18H21N5O2/c1-25-16-6-3-2-5-15(16)7-10-21-18(24)23-13-11-22(12-14-23)17-19-8-4-9-20-17/h2-10H,11-14H2,1H3,(H,21,24)/b10-7+. The highest BCUT2D eigenvalue weighted by atomic mass is 16.5. The average Bonchev–Trinajstić information content (AvgIpc) is 2.69. The monoisotopic (exact) mass is 339 g/mol. The SMILES string of the molecule is COc1ccccc1/C=C/NC(=O)N1CCN(c2ncccn2)CC1. The number of ether oxygens (including phenoxy) is 1. The van der Waals surface area contributed by atoms with Crippen LogP contribution in [0, 0.1) is 0 Å². The second-order valence-electron chi connectivity index (χ2n) is 5.55. The molecular formula is C18H21N5O2. The van der Waals surface area contributed by atoms with Gasteiger partial charge in [0.05, 0.1) is 7.11 Å². The summed E-state index contributed by atoms with van der Waals surface area (Å²) in [7, 11) is 1.63. The van der Waals surface area contributed by atoms with E-state index in [0.29, 0.717) is 32.1 Å². The maximum Gasteiger partial charge on any atom is 0.321 e. The van der Waals surface area contributed by atoms with Crippen LogP contribution in [0.3, 0.4) is 0 Å². The summed E-state index contributed by atoms with van der Waals surface area (Å²) in [6.45, 7) is 2.69. The van der Waals surface area contributed by atoms with Crippen LogP contribution in [0.15, 0.2) is 48.9 Å². The summed E-state index contributed by atoms with van der Waals surface area (Å²) in [5.74, 6) is 1.48. The maximum absolute atomic E-state index is 12.3. The number of carbonyl (C=O) groups is 1. The summed E-state index contributed by atoms with van der Waals surface area (Å²) < 4.78 is 5.28. The van der Waals surface area contributed by atoms with Crippen molar-refractivity contribution in [2.24, 2.45) is 0 Å². The Hall–Kier alpha value is -3.09. The molecule has 7 heteroatoms. The number of nitrogens with zero attached hydrogens (tertiary/aromatic N) is 4. The molecule has 25 heavy (non-hydrogen) atoms. The van der Waals surface area contributed by atoms with Crippen molar-refractivity contribution < 1.29 is 9.53 Å². The van der Waals surface area contributed by atoms with Crippen molar-refractivity contribution in [3.05, 3.63) is 54.5 Å². The number of urea groups is 1. The predicted molar refractivity (Wildman–Crippen MR) is 96.4 cm³/mol. The Bertz CT molecular complexity index is 727. The summed E-state index contributed by atoms with van der Waals surface area (Å²) in [6, 6.07) is 9.33. The van der Waals surface area contributed by atoms with E-state index in [0.717, 1.165) is 11.3 Å². The van der Waals surface area contributed by atoms with Crippen LogP contribution >= 0.6 is 0 Å². The van der Waals surface area contributed by atoms with E-state index in [-0.39, 0.29) is 6.03 Å². The van der Waals surface area contributed by atoms with Gasteiger partial charge in [0.15, 0.2) is 0 Å². The Labute approximate surface area is 146 Å². The van der Waals surface area contributed by atoms with Crippen LogP contribution in [0.4, 0.5) is 10.7 Å². The Morgan fingerprint density at radius 1 is 1.12 bits per heavy atom. The lowest BCUT2D eigenvalue weighted by Crippen LogP contribution is -2.51. The first-order chi connectivity index (χ1) is 12.3. The molecule has 1 N–H and O–H groups in total. The summed E-state index contributed by atoms with van der Waals surface area (Å²) >= 11 is 0. The molecule has 1 aromatic carbocycles. The first-order valence-corrected chi connectivity index (χ1v) is 8.15. The van der Waals surface area contributed by atoms with Crippen molar-refractivity contribution in [2.75, 3.05) is 38.2 Å². The lowest BCUT2D eigenvalue weighted by Gasteiger charge is -2.34. The number of anilines is 1. The van der Waals surface area contributed by atoms with Crippen LogP contribution < -0.4 is 15.0 Å². The molecule has 2 aromatic rings. The zero-order chi connectivity index (χ0) is 17.5. The number of para-hydroxylation sites is 1. The quantitative estimate of drug-likeness (QED) is 0.922. The number of methoxy groups -OCH3 is 1. The fraction of sp³-hybridized carbons (Fsp3) is 0.278. The Morgan fingerprint density at radius 3 is 2.56 bits per heavy atom. The number of piperazine rings is 1. The summed E-state index contributed by atoms with van der Waals surface area (Å²) in [5, 5.41) is 2.81. The first-order valence-electron chi connectivity index (χ1n) is 8.15. The molecule has 0 spiro atoms. The minimum Gasteiger partial charge on any atom is -0.496 e. The third-order valence-electron chi connectivity index (χ3n) is 4.01. The van der Waals surface area contributed by atoms with Crippen LogP contribution in [0.1, 0.15) is 5.56 Å². The number of rotatable bonds is 4. The molecule has 0 aliphatic carbocycles. The van der Waals surface area contributed by atoms with Crippen LogP contribution in [-0.4, -0.2) is 54.2 Å². The lowest BCUT2D eigenvalue weighted by molar-refractivity contribution is 0.198. The summed E-state index contributed by atoms with van der Waals surface area (Å²) in [6.07, 6.45) is 6.92. The molecule has 1 fully saturated rings. The van der Waals surface area contributed by atoms with E-state index in [2.05, 4.69) is 20.2 Å². The molecule has 7 nitrogen and oxygen atoms in total. The molecule has 0 bridgehead atoms. The first kappa shape index (κ1) is 16.8. The van der Waals surface area contributed by atoms with E-state index < -0.39 is 0 Å². The highest BCUT2D eigenvalue weighted by molar-refractivity contribution is 5.76. The van der Waals surface area contributed by atoms with Crippen LogP contribution in [0.25, 0.3) is 6.08 Å². The normalized spacial score (nSPS) is 14.6. The third kappa shape index (κ3) is 4.26. The minimum atomic E-state index is -0.111. The predicted octanol–water partition coefficient (Wildman–Crippen LogP) is 1.99. The van der Waals surface area contributed by atoms with Gasteiger partial charge in [0.2, 0.25) is 5.95 Å². The van der Waals surface area contributed by atoms with Gasteiger partial charge in [0.1, 0.15) is 5.75 Å². The molecule has 2 amide bonds. The third-order valence-corrected chi connectivity index (χ3v) is 4.01. The molecule has 1 aliphatic rings. The van der Waals surface area contributed by atoms with E-state index in [9.17, 15) is 4.79 Å². The van der Waals surface area contributed by atoms with Crippen molar-refractivity contribution >= 4 is 18.1 Å². The van der Waals surface area contributed by atoms with E-state index in [1.165, 1.54) is 0 Å². The zero-order valence-corrected chi connectivity index (χ0v) is 14.1. The van der Waals surface area contributed by atoms with E-state index in [4.69, 9.17) is 4.74 Å². The fourth-order valence-corrected chi connectivity index (χ4v) is 2.66. The largest absolute Gasteiger partial charge is 0.496 e. The molecule has 3 rings (SSSR count). The van der Waals surface area contributed by atoms with Crippen molar-refractivity contribution in [1.29, 1.82) is 0 Å². The number of carbonyl (C=O) groups excluding carboxylic acids is 1. The van der Waals surface area contributed by atoms with Crippen LogP contribution in [-0.2, 0) is 0 Å². The van der Waals surface area contributed by atoms with Crippen LogP contribution in [0.5, 0.6) is 5.75 Å². The van der Waals surface area contributed by atoms with E-state index in [1.807, 2.05) is 30.3 Å². The molecule has 1 aromatic heterocycles. The molecule has 2 heterocycles. The van der Waals surface area contributed by atoms with Gasteiger partial charge in [-0.25, -0.2) is 14.8 Å². The van der Waals surface area contributed by atoms with Crippen LogP contribution in [0.2, 0.25) is 0 Å². The molecule has 1 saturated heterocycles. The van der Waals surface area contributed by atoms with Gasteiger partial charge < -0.3 is 19.9 Å². The van der Waals surface area contributed by atoms with Gasteiger partial charge in [-0.15, -0.1) is 0 Å². The van der Waals surface area contributed by atoms with Gasteiger partial charge in [0, 0.05) is 50.3 Å². The number of aromatic nitrogens is 2. The van der Waals surface area contributed by atoms with E-state index in [1.54, 1.807) is 36.7 Å². The maximum atomic E-state index is 12.3. The van der Waals surface area contributed by atoms with Crippen molar-refractivity contribution in [2.45, 2.75) is 0 Å². The molecule has 0 unspecified atom stereocenters. The molecule has 1 aliphatic heterocycles. The Kier molecular flexibility index (Phi) is 5.46. The lowest BCUT2D eigenvalue weighted by atomic mass is 10.2. The molecule has 0 radical (unpaired) electrons. The average molecular weight is 339 g/mol. The van der Waals surface area contributed by atoms with Gasteiger partial charge in [-0.05, 0) is 18.2 Å². The van der Waals surface area contributed by atoms with Crippen molar-refractivity contribution in [3.8, 4) is 5.75 Å². The number of hydrogen-bond acceptors (Lipinski definition) is 5. The summed E-state index contributed by atoms with van der Waals surface area (Å²) in [5.41, 5.74) is 0.913. The fourth-order valence-electron chi connectivity index (χ4n) is 2.66. The second kappa shape index (κ2) is 8.14. The van der Waals surface area contributed by atoms with Gasteiger partial charge in [-0.1, -0.05) is 18.2 Å². The van der Waals surface area contributed by atoms with Gasteiger partial charge in [0.25, 0.3) is 0 Å². The minimum absolute atomic E-state index is 0.111. The number of hydrogen-bond donors (Lipinski definition) is 1. The highest BCUT2D eigenvalue weighted by Crippen LogP contribution is 2.18. The highest BCUT2D eigenvalue weighted by Gasteiger charge is 2.21. The molecule has 0 atom stereocenters. The number of benzene rings is 1. The van der Waals surface area contributed by atoms with E-state index >= 15 is 0 Å². The molecule has 130 valence electrons. The Balaban J connectivity index is 1.50. The smallest absolute Gasteiger partial charge is 0.321 e. The second-order valence-corrected chi connectivity index (χ2v) is 5.55. The van der Waals surface area contributed by atoms with Crippen molar-refractivity contribution in [1.82, 2.24) is 20.2 Å². The van der Waals surface area contributed by atoms with Gasteiger partial charge in [-0.3, -0.25) is 0 Å². The topological polar surface area (TPSA) is 70.6 Å². The number of amides is 2. The van der Waals surface area contributed by atoms with Crippen molar-refractivity contribution in [3.63, 3.8) is 0 Å². The Morgan fingerprint density at radius 2 is 1.84 bits per heavy atom. The van der Waals surface area contributed by atoms with Gasteiger partial charge >= 0.3 is 6.03 Å². The zero-order valence-electron chi connectivity index (χ0n) is 14.1. The molecule has 0 saturated carbocycles. The summed E-state index contributed by atoms with van der Waals surface area (Å²) in [4.78, 5) is 24.6. The number of nitrogens with one attached hydrogen (secondary N) is 1.